The topological polar surface area (TPSA) is 51.0 Å². The summed E-state index contributed by atoms with van der Waals surface area (Å²) in [5.41, 5.74) is 0.685. The fourth-order valence-electron chi connectivity index (χ4n) is 1.22. The van der Waals surface area contributed by atoms with Gasteiger partial charge in [-0.05, 0) is 6.92 Å². The van der Waals surface area contributed by atoms with E-state index in [1.165, 1.54) is 0 Å². The van der Waals surface area contributed by atoms with Crippen LogP contribution in [-0.2, 0) is 9.53 Å². The zero-order valence-electron chi connectivity index (χ0n) is 9.37. The van der Waals surface area contributed by atoms with Gasteiger partial charge in [-0.1, -0.05) is 36.7 Å². The van der Waals surface area contributed by atoms with Crippen LogP contribution < -0.4 is 0 Å². The zero-order chi connectivity index (χ0) is 11.6. The van der Waals surface area contributed by atoms with Gasteiger partial charge in [0.1, 0.15) is 0 Å². The van der Waals surface area contributed by atoms with E-state index < -0.39 is 6.04 Å². The highest BCUT2D eigenvalue weighted by Crippen LogP contribution is 2.38. The molecule has 0 saturated carbocycles. The van der Waals surface area contributed by atoms with Gasteiger partial charge in [0.15, 0.2) is 0 Å². The SMILES string of the molecule is CCOC(=O)[C@@H]1N=NC(C(C)(C)C)=C1Br. The van der Waals surface area contributed by atoms with Gasteiger partial charge in [-0.2, -0.15) is 10.2 Å². The van der Waals surface area contributed by atoms with Crippen LogP contribution in [0.5, 0.6) is 0 Å². The highest BCUT2D eigenvalue weighted by molar-refractivity contribution is 9.11. The Labute approximate surface area is 97.9 Å². The van der Waals surface area contributed by atoms with Crippen LogP contribution in [0.15, 0.2) is 20.4 Å². The minimum atomic E-state index is -0.612. The summed E-state index contributed by atoms with van der Waals surface area (Å²) >= 11 is 3.37. The Balaban J connectivity index is 2.89. The number of halogens is 1. The first-order valence-electron chi connectivity index (χ1n) is 4.85. The van der Waals surface area contributed by atoms with Crippen LogP contribution in [0.4, 0.5) is 0 Å². The molecule has 5 heteroatoms. The molecule has 0 N–H and O–H groups in total. The van der Waals surface area contributed by atoms with E-state index in [-0.39, 0.29) is 11.4 Å². The Kier molecular flexibility index (Phi) is 3.65. The first kappa shape index (κ1) is 12.4. The maximum atomic E-state index is 11.5. The number of esters is 1. The first-order valence-corrected chi connectivity index (χ1v) is 5.65. The predicted molar refractivity (Wildman–Crippen MR) is 60.7 cm³/mol. The van der Waals surface area contributed by atoms with Crippen molar-refractivity contribution in [2.24, 2.45) is 15.6 Å². The molecule has 1 atom stereocenters. The van der Waals surface area contributed by atoms with Gasteiger partial charge in [0, 0.05) is 5.41 Å². The van der Waals surface area contributed by atoms with Crippen molar-refractivity contribution in [2.75, 3.05) is 6.61 Å². The molecule has 4 nitrogen and oxygen atoms in total. The summed E-state index contributed by atoms with van der Waals surface area (Å²) in [7, 11) is 0. The van der Waals surface area contributed by atoms with Crippen LogP contribution in [0.2, 0.25) is 0 Å². The molecule has 0 saturated heterocycles. The van der Waals surface area contributed by atoms with Crippen LogP contribution in [0.3, 0.4) is 0 Å². The first-order chi connectivity index (χ1) is 6.88. The average Bonchev–Trinajstić information content (AvgIpc) is 2.46. The van der Waals surface area contributed by atoms with E-state index >= 15 is 0 Å². The van der Waals surface area contributed by atoms with Crippen LogP contribution in [0, 0.1) is 5.41 Å². The third kappa shape index (κ3) is 2.65. The van der Waals surface area contributed by atoms with E-state index in [2.05, 4.69) is 26.2 Å². The highest BCUT2D eigenvalue weighted by atomic mass is 79.9. The number of azo groups is 1. The Bertz CT molecular complexity index is 329. The van der Waals surface area contributed by atoms with Gasteiger partial charge in [-0.25, -0.2) is 4.79 Å². The third-order valence-corrected chi connectivity index (χ3v) is 2.77. The smallest absolute Gasteiger partial charge is 0.338 e. The van der Waals surface area contributed by atoms with Crippen molar-refractivity contribution in [1.82, 2.24) is 0 Å². The monoisotopic (exact) mass is 274 g/mol. The molecule has 0 amide bonds. The van der Waals surface area contributed by atoms with Gasteiger partial charge >= 0.3 is 5.97 Å². The molecule has 1 aliphatic rings. The second kappa shape index (κ2) is 4.43. The Morgan fingerprint density at radius 2 is 2.13 bits per heavy atom. The molecule has 0 spiro atoms. The Hall–Kier alpha value is -0.710. The molecule has 0 aromatic rings. The molecule has 1 heterocycles. The van der Waals surface area contributed by atoms with E-state index in [4.69, 9.17) is 4.74 Å². The molecular formula is C10H15BrN2O2. The van der Waals surface area contributed by atoms with Gasteiger partial charge in [0.25, 0.3) is 0 Å². The number of carbonyl (C=O) groups is 1. The molecule has 0 aromatic carbocycles. The van der Waals surface area contributed by atoms with E-state index in [1.807, 2.05) is 20.8 Å². The van der Waals surface area contributed by atoms with E-state index in [1.54, 1.807) is 6.92 Å². The maximum absolute atomic E-state index is 11.5. The lowest BCUT2D eigenvalue weighted by Gasteiger charge is -2.17. The summed E-state index contributed by atoms with van der Waals surface area (Å²) in [6.07, 6.45) is 0. The summed E-state index contributed by atoms with van der Waals surface area (Å²) < 4.78 is 5.62. The highest BCUT2D eigenvalue weighted by Gasteiger charge is 2.34. The molecule has 0 bridgehead atoms. The average molecular weight is 275 g/mol. The number of rotatable bonds is 2. The lowest BCUT2D eigenvalue weighted by atomic mass is 9.91. The summed E-state index contributed by atoms with van der Waals surface area (Å²) in [5, 5.41) is 7.94. The normalized spacial score (nSPS) is 21.0. The van der Waals surface area contributed by atoms with E-state index in [9.17, 15) is 4.79 Å². The summed E-state index contributed by atoms with van der Waals surface area (Å²) in [5.74, 6) is -0.354. The molecule has 0 aliphatic carbocycles. The van der Waals surface area contributed by atoms with Gasteiger partial charge in [0.05, 0.1) is 16.8 Å². The summed E-state index contributed by atoms with van der Waals surface area (Å²) in [6.45, 7) is 8.20. The van der Waals surface area contributed by atoms with E-state index in [0.29, 0.717) is 11.1 Å². The molecular weight excluding hydrogens is 260 g/mol. The van der Waals surface area contributed by atoms with Gasteiger partial charge < -0.3 is 4.74 Å². The number of allylic oxidation sites excluding steroid dienone is 1. The zero-order valence-corrected chi connectivity index (χ0v) is 11.0. The van der Waals surface area contributed by atoms with Gasteiger partial charge in [0.2, 0.25) is 6.04 Å². The number of ether oxygens (including phenoxy) is 1. The minimum Gasteiger partial charge on any atom is -0.464 e. The van der Waals surface area contributed by atoms with Gasteiger partial charge in [-0.15, -0.1) is 0 Å². The fraction of sp³-hybridized carbons (Fsp3) is 0.700. The molecule has 0 fully saturated rings. The molecule has 84 valence electrons. The van der Waals surface area contributed by atoms with Crippen molar-refractivity contribution >= 4 is 21.9 Å². The van der Waals surface area contributed by atoms with Crippen LogP contribution in [0.1, 0.15) is 27.7 Å². The Morgan fingerprint density at radius 1 is 1.53 bits per heavy atom. The second-order valence-electron chi connectivity index (χ2n) is 4.32. The van der Waals surface area contributed by atoms with Crippen LogP contribution in [0.25, 0.3) is 0 Å². The lowest BCUT2D eigenvalue weighted by molar-refractivity contribution is -0.143. The summed E-state index contributed by atoms with van der Waals surface area (Å²) in [6, 6.07) is -0.612. The fourth-order valence-corrected chi connectivity index (χ4v) is 2.18. The van der Waals surface area contributed by atoms with Crippen LogP contribution in [-0.4, -0.2) is 18.6 Å². The number of hydrogen-bond acceptors (Lipinski definition) is 4. The molecule has 1 aliphatic heterocycles. The standard InChI is InChI=1S/C10H15BrN2O2/c1-5-15-9(14)7-6(11)8(13-12-7)10(2,3)4/h7H,5H2,1-4H3/t7-/m1/s1. The van der Waals surface area contributed by atoms with E-state index in [0.717, 1.165) is 5.70 Å². The maximum Gasteiger partial charge on any atom is 0.338 e. The largest absolute Gasteiger partial charge is 0.464 e. The Morgan fingerprint density at radius 3 is 2.53 bits per heavy atom. The quantitative estimate of drug-likeness (QED) is 0.727. The summed E-state index contributed by atoms with van der Waals surface area (Å²) in [4.78, 5) is 11.5. The molecule has 15 heavy (non-hydrogen) atoms. The van der Waals surface area contributed by atoms with Crippen molar-refractivity contribution in [2.45, 2.75) is 33.7 Å². The van der Waals surface area contributed by atoms with Crippen molar-refractivity contribution in [3.63, 3.8) is 0 Å². The minimum absolute atomic E-state index is 0.121. The molecule has 0 radical (unpaired) electrons. The third-order valence-electron chi connectivity index (χ3n) is 1.96. The number of carbonyl (C=O) groups excluding carboxylic acids is 1. The van der Waals surface area contributed by atoms with Crippen molar-refractivity contribution < 1.29 is 9.53 Å². The lowest BCUT2D eigenvalue weighted by Crippen LogP contribution is -2.21. The van der Waals surface area contributed by atoms with Crippen molar-refractivity contribution in [3.05, 3.63) is 10.2 Å². The molecule has 1 rings (SSSR count). The number of nitrogens with zero attached hydrogens (tertiary/aromatic N) is 2. The molecule has 0 unspecified atom stereocenters. The predicted octanol–water partition coefficient (Wildman–Crippen LogP) is 3.04. The van der Waals surface area contributed by atoms with Crippen molar-refractivity contribution in [3.8, 4) is 0 Å². The molecule has 0 aromatic heterocycles. The number of hydrogen-bond donors (Lipinski definition) is 0. The van der Waals surface area contributed by atoms with Gasteiger partial charge in [-0.3, -0.25) is 0 Å². The van der Waals surface area contributed by atoms with Crippen molar-refractivity contribution in [1.29, 1.82) is 0 Å². The second-order valence-corrected chi connectivity index (χ2v) is 5.17. The van der Waals surface area contributed by atoms with Crippen LogP contribution >= 0.6 is 15.9 Å².